The zero-order valence-electron chi connectivity index (χ0n) is 9.15. The number of hydrogen-bond acceptors (Lipinski definition) is 3. The van der Waals surface area contributed by atoms with Crippen LogP contribution in [0.15, 0.2) is 18.3 Å². The van der Waals surface area contributed by atoms with Gasteiger partial charge in [-0.3, -0.25) is 0 Å². The molecule has 0 saturated heterocycles. The molecule has 15 heavy (non-hydrogen) atoms. The Morgan fingerprint density at radius 1 is 1.60 bits per heavy atom. The van der Waals surface area contributed by atoms with Crippen molar-refractivity contribution < 1.29 is 4.74 Å². The van der Waals surface area contributed by atoms with E-state index in [-0.39, 0.29) is 6.04 Å². The van der Waals surface area contributed by atoms with Gasteiger partial charge in [-0.15, -0.1) is 0 Å². The van der Waals surface area contributed by atoms with Gasteiger partial charge in [-0.2, -0.15) is 0 Å². The van der Waals surface area contributed by atoms with E-state index in [1.54, 1.807) is 6.20 Å². The molecule has 1 fully saturated rings. The molecule has 0 spiro atoms. The van der Waals surface area contributed by atoms with Crippen LogP contribution in [-0.2, 0) is 6.42 Å². The lowest BCUT2D eigenvalue weighted by atomic mass is 10.1. The van der Waals surface area contributed by atoms with Gasteiger partial charge in [0.1, 0.15) is 0 Å². The molecule has 1 unspecified atom stereocenters. The maximum Gasteiger partial charge on any atom is 0.216 e. The molecule has 2 N–H and O–H groups in total. The van der Waals surface area contributed by atoms with Gasteiger partial charge in [0.25, 0.3) is 0 Å². The van der Waals surface area contributed by atoms with E-state index in [1.165, 1.54) is 12.8 Å². The fraction of sp³-hybridized carbons (Fsp3) is 0.583. The Hall–Kier alpha value is -1.09. The number of pyridine rings is 1. The summed E-state index contributed by atoms with van der Waals surface area (Å²) >= 11 is 0. The smallest absolute Gasteiger partial charge is 0.216 e. The summed E-state index contributed by atoms with van der Waals surface area (Å²) in [4.78, 5) is 4.25. The van der Waals surface area contributed by atoms with Crippen LogP contribution >= 0.6 is 0 Å². The average Bonchev–Trinajstić information content (AvgIpc) is 2.99. The maximum absolute atomic E-state index is 5.78. The Morgan fingerprint density at radius 3 is 3.07 bits per heavy atom. The Morgan fingerprint density at radius 2 is 2.40 bits per heavy atom. The number of hydrogen-bond donors (Lipinski definition) is 1. The predicted molar refractivity (Wildman–Crippen MR) is 59.8 cm³/mol. The van der Waals surface area contributed by atoms with E-state index < -0.39 is 0 Å². The van der Waals surface area contributed by atoms with Crippen LogP contribution in [0.1, 0.15) is 25.3 Å². The maximum atomic E-state index is 5.78. The molecule has 3 nitrogen and oxygen atoms in total. The van der Waals surface area contributed by atoms with Crippen LogP contribution in [-0.4, -0.2) is 17.6 Å². The summed E-state index contributed by atoms with van der Waals surface area (Å²) in [6, 6.07) is 4.12. The van der Waals surface area contributed by atoms with Crippen molar-refractivity contribution in [3.8, 4) is 5.88 Å². The summed E-state index contributed by atoms with van der Waals surface area (Å²) in [6.45, 7) is 2.81. The Bertz CT molecular complexity index is 321. The molecule has 0 bridgehead atoms. The first-order valence-corrected chi connectivity index (χ1v) is 5.58. The van der Waals surface area contributed by atoms with Crippen LogP contribution in [0, 0.1) is 5.92 Å². The van der Waals surface area contributed by atoms with Crippen molar-refractivity contribution in [3.05, 3.63) is 23.9 Å². The molecule has 0 aliphatic heterocycles. The molecule has 1 atom stereocenters. The number of rotatable bonds is 5. The van der Waals surface area contributed by atoms with Crippen molar-refractivity contribution in [1.29, 1.82) is 0 Å². The first kappa shape index (κ1) is 10.4. The van der Waals surface area contributed by atoms with Gasteiger partial charge < -0.3 is 10.5 Å². The van der Waals surface area contributed by atoms with Gasteiger partial charge in [0, 0.05) is 17.8 Å². The lowest BCUT2D eigenvalue weighted by Gasteiger charge is -2.11. The summed E-state index contributed by atoms with van der Waals surface area (Å²) in [6.07, 6.45) is 5.20. The number of aromatic nitrogens is 1. The first-order valence-electron chi connectivity index (χ1n) is 5.58. The second-order valence-corrected chi connectivity index (χ2v) is 4.40. The molecule has 1 heterocycles. The van der Waals surface area contributed by atoms with Gasteiger partial charge in [-0.1, -0.05) is 6.07 Å². The average molecular weight is 206 g/mol. The van der Waals surface area contributed by atoms with Crippen molar-refractivity contribution in [2.75, 3.05) is 6.61 Å². The quantitative estimate of drug-likeness (QED) is 0.798. The largest absolute Gasteiger partial charge is 0.477 e. The van der Waals surface area contributed by atoms with Crippen molar-refractivity contribution in [2.45, 2.75) is 32.2 Å². The van der Waals surface area contributed by atoms with E-state index in [4.69, 9.17) is 10.5 Å². The fourth-order valence-electron chi connectivity index (χ4n) is 1.54. The van der Waals surface area contributed by atoms with Crippen LogP contribution < -0.4 is 10.5 Å². The topological polar surface area (TPSA) is 48.1 Å². The molecule has 1 saturated carbocycles. The lowest BCUT2D eigenvalue weighted by molar-refractivity contribution is 0.285. The molecular formula is C12H18N2O. The van der Waals surface area contributed by atoms with Gasteiger partial charge in [-0.05, 0) is 38.2 Å². The highest BCUT2D eigenvalue weighted by Crippen LogP contribution is 2.29. The standard InChI is InChI=1S/C12H18N2O/c1-9(13)7-11-3-2-6-14-12(11)15-8-10-4-5-10/h2-3,6,9-10H,4-5,7-8,13H2,1H3. The van der Waals surface area contributed by atoms with E-state index in [9.17, 15) is 0 Å². The molecule has 82 valence electrons. The highest BCUT2D eigenvalue weighted by atomic mass is 16.5. The number of nitrogens with zero attached hydrogens (tertiary/aromatic N) is 1. The van der Waals surface area contributed by atoms with Gasteiger partial charge >= 0.3 is 0 Å². The highest BCUT2D eigenvalue weighted by molar-refractivity contribution is 5.26. The Labute approximate surface area is 90.7 Å². The van der Waals surface area contributed by atoms with Crippen LogP contribution in [0.25, 0.3) is 0 Å². The lowest BCUT2D eigenvalue weighted by Crippen LogP contribution is -2.18. The molecule has 3 heteroatoms. The van der Waals surface area contributed by atoms with E-state index in [1.807, 2.05) is 19.1 Å². The van der Waals surface area contributed by atoms with Crippen molar-refractivity contribution in [3.63, 3.8) is 0 Å². The van der Waals surface area contributed by atoms with E-state index >= 15 is 0 Å². The predicted octanol–water partition coefficient (Wildman–Crippen LogP) is 1.76. The summed E-state index contributed by atoms with van der Waals surface area (Å²) in [5.41, 5.74) is 6.90. The fourth-order valence-corrected chi connectivity index (χ4v) is 1.54. The zero-order valence-corrected chi connectivity index (χ0v) is 9.15. The monoisotopic (exact) mass is 206 g/mol. The molecule has 0 aromatic carbocycles. The zero-order chi connectivity index (χ0) is 10.7. The molecule has 2 rings (SSSR count). The molecule has 1 aliphatic carbocycles. The molecule has 1 aliphatic rings. The molecule has 0 amide bonds. The number of ether oxygens (including phenoxy) is 1. The van der Waals surface area contributed by atoms with Crippen LogP contribution in [0.3, 0.4) is 0 Å². The summed E-state index contributed by atoms with van der Waals surface area (Å²) in [5, 5.41) is 0. The van der Waals surface area contributed by atoms with E-state index in [0.717, 1.165) is 30.4 Å². The first-order chi connectivity index (χ1) is 7.25. The number of nitrogens with two attached hydrogens (primary N) is 1. The third kappa shape index (κ3) is 3.20. The van der Waals surface area contributed by atoms with Crippen LogP contribution in [0.2, 0.25) is 0 Å². The molecule has 0 radical (unpaired) electrons. The second kappa shape index (κ2) is 4.62. The van der Waals surface area contributed by atoms with Crippen LogP contribution in [0.5, 0.6) is 5.88 Å². The normalized spacial score (nSPS) is 17.5. The van der Waals surface area contributed by atoms with E-state index in [0.29, 0.717) is 0 Å². The third-order valence-corrected chi connectivity index (χ3v) is 2.54. The van der Waals surface area contributed by atoms with Crippen molar-refractivity contribution in [2.24, 2.45) is 11.7 Å². The molecule has 1 aromatic heterocycles. The summed E-state index contributed by atoms with van der Waals surface area (Å²) < 4.78 is 5.70. The SMILES string of the molecule is CC(N)Cc1cccnc1OCC1CC1. The minimum absolute atomic E-state index is 0.150. The second-order valence-electron chi connectivity index (χ2n) is 4.40. The van der Waals surface area contributed by atoms with Gasteiger partial charge in [0.2, 0.25) is 5.88 Å². The summed E-state index contributed by atoms with van der Waals surface area (Å²) in [5.74, 6) is 1.52. The Balaban J connectivity index is 1.99. The van der Waals surface area contributed by atoms with Crippen molar-refractivity contribution in [1.82, 2.24) is 4.98 Å². The summed E-state index contributed by atoms with van der Waals surface area (Å²) in [7, 11) is 0. The van der Waals surface area contributed by atoms with E-state index in [2.05, 4.69) is 4.98 Å². The highest BCUT2D eigenvalue weighted by Gasteiger charge is 2.22. The molecule has 1 aromatic rings. The van der Waals surface area contributed by atoms with Gasteiger partial charge in [-0.25, -0.2) is 4.98 Å². The van der Waals surface area contributed by atoms with Gasteiger partial charge in [0.05, 0.1) is 6.61 Å². The van der Waals surface area contributed by atoms with Gasteiger partial charge in [0.15, 0.2) is 0 Å². The minimum atomic E-state index is 0.150. The van der Waals surface area contributed by atoms with Crippen molar-refractivity contribution >= 4 is 0 Å². The van der Waals surface area contributed by atoms with Crippen LogP contribution in [0.4, 0.5) is 0 Å². The Kier molecular flexibility index (Phi) is 3.21. The minimum Gasteiger partial charge on any atom is -0.477 e. The molecular weight excluding hydrogens is 188 g/mol. The third-order valence-electron chi connectivity index (χ3n) is 2.54.